The largest absolute Gasteiger partial charge is 0.358 e. The normalized spacial score (nSPS) is 19.6. The monoisotopic (exact) mass is 366 g/mol. The second-order valence-electron chi connectivity index (χ2n) is 7.48. The minimum absolute atomic E-state index is 0.0618. The lowest BCUT2D eigenvalue weighted by molar-refractivity contribution is 0.584. The summed E-state index contributed by atoms with van der Waals surface area (Å²) in [7, 11) is -3.58. The molecule has 26 heavy (non-hydrogen) atoms. The highest BCUT2D eigenvalue weighted by Gasteiger charge is 2.36. The third-order valence-electron chi connectivity index (χ3n) is 5.77. The fourth-order valence-corrected chi connectivity index (χ4v) is 6.28. The third kappa shape index (κ3) is 2.23. The molecule has 1 N–H and O–H groups in total. The van der Waals surface area contributed by atoms with Crippen molar-refractivity contribution in [3.63, 3.8) is 0 Å². The van der Waals surface area contributed by atoms with Gasteiger partial charge in [0.15, 0.2) is 0 Å². The minimum atomic E-state index is -3.58. The van der Waals surface area contributed by atoms with Crippen molar-refractivity contribution in [3.8, 4) is 0 Å². The van der Waals surface area contributed by atoms with E-state index in [4.69, 9.17) is 0 Å². The van der Waals surface area contributed by atoms with Gasteiger partial charge in [-0.25, -0.2) is 8.42 Å². The topological polar surface area (TPSA) is 53.2 Å². The predicted molar refractivity (Wildman–Crippen MR) is 104 cm³/mol. The molecule has 5 heteroatoms. The van der Waals surface area contributed by atoms with Crippen LogP contribution in [0.5, 0.6) is 0 Å². The lowest BCUT2D eigenvalue weighted by Gasteiger charge is -2.24. The van der Waals surface area contributed by atoms with Crippen LogP contribution in [0.25, 0.3) is 10.9 Å². The number of aryl methyl sites for hydroxylation is 2. The molecule has 0 amide bonds. The van der Waals surface area contributed by atoms with Gasteiger partial charge in [0.2, 0.25) is 0 Å². The van der Waals surface area contributed by atoms with Gasteiger partial charge in [0.1, 0.15) is 0 Å². The van der Waals surface area contributed by atoms with E-state index in [2.05, 4.69) is 4.98 Å². The van der Waals surface area contributed by atoms with Crippen molar-refractivity contribution < 1.29 is 8.42 Å². The Morgan fingerprint density at radius 2 is 1.88 bits per heavy atom. The SMILES string of the molecule is CC1Cc2ccccc2N1S(=O)(=O)c1ccc2[nH]c3c(c2c1)CCCC3. The fraction of sp³-hybridized carbons (Fsp3) is 0.333. The van der Waals surface area contributed by atoms with Gasteiger partial charge in [0.25, 0.3) is 10.0 Å². The van der Waals surface area contributed by atoms with Gasteiger partial charge in [-0.15, -0.1) is 0 Å². The van der Waals surface area contributed by atoms with E-state index in [0.717, 1.165) is 41.4 Å². The molecule has 1 aliphatic carbocycles. The third-order valence-corrected chi connectivity index (χ3v) is 7.70. The van der Waals surface area contributed by atoms with Crippen LogP contribution in [0.15, 0.2) is 47.4 Å². The van der Waals surface area contributed by atoms with Crippen LogP contribution < -0.4 is 4.31 Å². The number of nitrogens with one attached hydrogen (secondary N) is 1. The molecule has 4 nitrogen and oxygen atoms in total. The van der Waals surface area contributed by atoms with Crippen LogP contribution in [0.1, 0.15) is 36.6 Å². The Balaban J connectivity index is 1.65. The number of rotatable bonds is 2. The summed E-state index contributed by atoms with van der Waals surface area (Å²) in [5, 5.41) is 1.07. The number of sulfonamides is 1. The molecule has 2 aromatic carbocycles. The van der Waals surface area contributed by atoms with Gasteiger partial charge in [-0.3, -0.25) is 4.31 Å². The first kappa shape index (κ1) is 15.9. The summed E-state index contributed by atoms with van der Waals surface area (Å²) in [6.07, 6.45) is 5.22. The molecular formula is C21H22N2O2S. The van der Waals surface area contributed by atoms with Crippen LogP contribution in [0, 0.1) is 0 Å². The Kier molecular flexibility index (Phi) is 3.44. The number of anilines is 1. The highest BCUT2D eigenvalue weighted by Crippen LogP contribution is 2.38. The zero-order chi connectivity index (χ0) is 17.9. The summed E-state index contributed by atoms with van der Waals surface area (Å²) >= 11 is 0. The van der Waals surface area contributed by atoms with E-state index < -0.39 is 10.0 Å². The lowest BCUT2D eigenvalue weighted by atomic mass is 9.96. The van der Waals surface area contributed by atoms with E-state index >= 15 is 0 Å². The van der Waals surface area contributed by atoms with Crippen molar-refractivity contribution in [1.29, 1.82) is 0 Å². The molecule has 1 atom stereocenters. The number of para-hydroxylation sites is 1. The molecule has 3 aromatic rings. The van der Waals surface area contributed by atoms with Crippen molar-refractivity contribution >= 4 is 26.6 Å². The van der Waals surface area contributed by atoms with Gasteiger partial charge in [-0.05, 0) is 74.4 Å². The maximum absolute atomic E-state index is 13.5. The van der Waals surface area contributed by atoms with Crippen molar-refractivity contribution in [2.75, 3.05) is 4.31 Å². The summed E-state index contributed by atoms with van der Waals surface area (Å²) in [5.74, 6) is 0. The second kappa shape index (κ2) is 5.61. The van der Waals surface area contributed by atoms with Crippen LogP contribution in [-0.4, -0.2) is 19.4 Å². The van der Waals surface area contributed by atoms with E-state index in [0.29, 0.717) is 4.90 Å². The molecular weight excluding hydrogens is 344 g/mol. The lowest BCUT2D eigenvalue weighted by Crippen LogP contribution is -2.35. The number of fused-ring (bicyclic) bond motifs is 4. The summed E-state index contributed by atoms with van der Waals surface area (Å²) in [6.45, 7) is 1.98. The molecule has 0 fully saturated rings. The van der Waals surface area contributed by atoms with Crippen molar-refractivity contribution in [3.05, 3.63) is 59.3 Å². The Hall–Kier alpha value is -2.27. The van der Waals surface area contributed by atoms with Gasteiger partial charge in [0.05, 0.1) is 10.6 Å². The molecule has 134 valence electrons. The molecule has 0 radical (unpaired) electrons. The predicted octanol–water partition coefficient (Wildman–Crippen LogP) is 4.19. The fourth-order valence-electron chi connectivity index (χ4n) is 4.56. The van der Waals surface area contributed by atoms with Crippen LogP contribution in [0.4, 0.5) is 5.69 Å². The summed E-state index contributed by atoms with van der Waals surface area (Å²) in [6, 6.07) is 13.3. The van der Waals surface area contributed by atoms with Crippen LogP contribution >= 0.6 is 0 Å². The molecule has 0 saturated carbocycles. The first-order valence-corrected chi connectivity index (χ1v) is 10.8. The van der Waals surface area contributed by atoms with Crippen molar-refractivity contribution in [2.24, 2.45) is 0 Å². The molecule has 2 heterocycles. The number of hydrogen-bond acceptors (Lipinski definition) is 2. The quantitative estimate of drug-likeness (QED) is 0.739. The standard InChI is InChI=1S/C21H22N2O2S/c1-14-12-15-6-2-5-9-21(15)23(14)26(24,25)16-10-11-20-18(13-16)17-7-3-4-8-19(17)22-20/h2,5-6,9-11,13-14,22H,3-4,7-8,12H2,1H3. The van der Waals surface area contributed by atoms with E-state index in [1.54, 1.807) is 10.4 Å². The van der Waals surface area contributed by atoms with Gasteiger partial charge < -0.3 is 4.98 Å². The highest BCUT2D eigenvalue weighted by atomic mass is 32.2. The molecule has 0 saturated heterocycles. The molecule has 1 aliphatic heterocycles. The van der Waals surface area contributed by atoms with E-state index in [1.165, 1.54) is 24.1 Å². The molecule has 0 spiro atoms. The average Bonchev–Trinajstić information content (AvgIpc) is 3.18. The molecule has 1 aromatic heterocycles. The Morgan fingerprint density at radius 3 is 2.77 bits per heavy atom. The highest BCUT2D eigenvalue weighted by molar-refractivity contribution is 7.92. The summed E-state index contributed by atoms with van der Waals surface area (Å²) in [4.78, 5) is 3.87. The number of benzene rings is 2. The van der Waals surface area contributed by atoms with Crippen LogP contribution in [-0.2, 0) is 29.3 Å². The van der Waals surface area contributed by atoms with Gasteiger partial charge in [0, 0.05) is 22.6 Å². The first-order chi connectivity index (χ1) is 12.6. The summed E-state index contributed by atoms with van der Waals surface area (Å²) in [5.41, 5.74) is 5.55. The first-order valence-electron chi connectivity index (χ1n) is 9.31. The molecule has 5 rings (SSSR count). The maximum Gasteiger partial charge on any atom is 0.264 e. The Labute approximate surface area is 153 Å². The number of aromatic nitrogens is 1. The average molecular weight is 366 g/mol. The number of nitrogens with zero attached hydrogens (tertiary/aromatic N) is 1. The van der Waals surface area contributed by atoms with Gasteiger partial charge in [-0.2, -0.15) is 0 Å². The van der Waals surface area contributed by atoms with Crippen LogP contribution in [0.2, 0.25) is 0 Å². The Morgan fingerprint density at radius 1 is 1.08 bits per heavy atom. The Bertz CT molecular complexity index is 1110. The van der Waals surface area contributed by atoms with Crippen molar-refractivity contribution in [2.45, 2.75) is 50.0 Å². The summed E-state index contributed by atoms with van der Waals surface area (Å²) < 4.78 is 28.5. The zero-order valence-corrected chi connectivity index (χ0v) is 15.6. The van der Waals surface area contributed by atoms with Crippen molar-refractivity contribution in [1.82, 2.24) is 4.98 Å². The number of aromatic amines is 1. The molecule has 1 unspecified atom stereocenters. The molecule has 2 aliphatic rings. The number of H-pyrrole nitrogens is 1. The van der Waals surface area contributed by atoms with Crippen LogP contribution in [0.3, 0.4) is 0 Å². The maximum atomic E-state index is 13.5. The van der Waals surface area contributed by atoms with E-state index in [-0.39, 0.29) is 6.04 Å². The van der Waals surface area contributed by atoms with E-state index in [1.807, 2.05) is 43.3 Å². The zero-order valence-electron chi connectivity index (χ0n) is 14.8. The van der Waals surface area contributed by atoms with E-state index in [9.17, 15) is 8.42 Å². The smallest absolute Gasteiger partial charge is 0.264 e. The molecule has 0 bridgehead atoms. The van der Waals surface area contributed by atoms with Gasteiger partial charge >= 0.3 is 0 Å². The van der Waals surface area contributed by atoms with Gasteiger partial charge in [-0.1, -0.05) is 18.2 Å². The second-order valence-corrected chi connectivity index (χ2v) is 9.29. The number of hydrogen-bond donors (Lipinski definition) is 1. The minimum Gasteiger partial charge on any atom is -0.358 e.